The molecule has 0 N–H and O–H groups in total. The smallest absolute Gasteiger partial charge is 0.183 e. The van der Waals surface area contributed by atoms with E-state index < -0.39 is 0 Å². The van der Waals surface area contributed by atoms with Crippen LogP contribution in [0, 0.1) is 0 Å². The van der Waals surface area contributed by atoms with Crippen molar-refractivity contribution in [3.63, 3.8) is 0 Å². The summed E-state index contributed by atoms with van der Waals surface area (Å²) < 4.78 is 10.9. The van der Waals surface area contributed by atoms with Gasteiger partial charge >= 0.3 is 0 Å². The van der Waals surface area contributed by atoms with Crippen LogP contribution in [-0.2, 0) is 12.0 Å². The molecule has 1 saturated heterocycles. The number of ether oxygens (including phenoxy) is 2. The van der Waals surface area contributed by atoms with Crippen molar-refractivity contribution in [1.82, 2.24) is 9.88 Å². The Balaban J connectivity index is 1.79. The third-order valence-electron chi connectivity index (χ3n) is 4.99. The molecular formula is C20H26N2O2. The van der Waals surface area contributed by atoms with Crippen molar-refractivity contribution >= 4 is 0 Å². The normalized spacial score (nSPS) is 21.5. The number of pyridine rings is 1. The molecule has 2 heterocycles. The second kappa shape index (κ2) is 7.22. The lowest BCUT2D eigenvalue weighted by atomic mass is 9.76. The lowest BCUT2D eigenvalue weighted by Gasteiger charge is -2.41. The van der Waals surface area contributed by atoms with E-state index in [0.717, 1.165) is 36.8 Å². The van der Waals surface area contributed by atoms with Gasteiger partial charge in [-0.15, -0.1) is 0 Å². The maximum absolute atomic E-state index is 5.53. The van der Waals surface area contributed by atoms with E-state index in [1.54, 1.807) is 20.4 Å². The Morgan fingerprint density at radius 2 is 1.92 bits per heavy atom. The second-order valence-corrected chi connectivity index (χ2v) is 6.73. The predicted molar refractivity (Wildman–Crippen MR) is 95.6 cm³/mol. The number of aromatic nitrogens is 1. The number of benzene rings is 1. The highest BCUT2D eigenvalue weighted by atomic mass is 16.5. The topological polar surface area (TPSA) is 34.6 Å². The van der Waals surface area contributed by atoms with Gasteiger partial charge in [0, 0.05) is 30.8 Å². The lowest BCUT2D eigenvalue weighted by Crippen LogP contribution is -2.44. The van der Waals surface area contributed by atoms with Gasteiger partial charge in [0.25, 0.3) is 0 Å². The number of methoxy groups -OCH3 is 2. The Labute approximate surface area is 144 Å². The quantitative estimate of drug-likeness (QED) is 0.840. The van der Waals surface area contributed by atoms with Crippen LogP contribution < -0.4 is 9.47 Å². The van der Waals surface area contributed by atoms with Gasteiger partial charge in [0.1, 0.15) is 5.69 Å². The molecule has 0 amide bonds. The van der Waals surface area contributed by atoms with E-state index >= 15 is 0 Å². The third kappa shape index (κ3) is 3.39. The molecule has 1 aliphatic heterocycles. The van der Waals surface area contributed by atoms with E-state index in [4.69, 9.17) is 9.47 Å². The molecule has 1 aliphatic rings. The maximum Gasteiger partial charge on any atom is 0.183 e. The Kier molecular flexibility index (Phi) is 5.05. The minimum Gasteiger partial charge on any atom is -0.493 e. The Bertz CT molecular complexity index is 675. The van der Waals surface area contributed by atoms with E-state index in [-0.39, 0.29) is 5.41 Å². The van der Waals surface area contributed by atoms with Gasteiger partial charge in [-0.1, -0.05) is 37.3 Å². The summed E-state index contributed by atoms with van der Waals surface area (Å²) in [6.07, 6.45) is 4.20. The van der Waals surface area contributed by atoms with Gasteiger partial charge in [-0.05, 0) is 24.9 Å². The standard InChI is InChI=1S/C20H26N2O2/c1-20(16-8-5-4-6-9-16)11-7-13-22(15-20)14-17-19(24-3)18(23-2)10-12-21-17/h4-6,8-10,12H,7,11,13-15H2,1-3H3/t20-/m1/s1. The Hall–Kier alpha value is -2.07. The highest BCUT2D eigenvalue weighted by Gasteiger charge is 2.33. The fourth-order valence-corrected chi connectivity index (χ4v) is 3.73. The van der Waals surface area contributed by atoms with Gasteiger partial charge in [0.05, 0.1) is 14.2 Å². The molecule has 24 heavy (non-hydrogen) atoms. The van der Waals surface area contributed by atoms with Gasteiger partial charge < -0.3 is 9.47 Å². The van der Waals surface area contributed by atoms with Crippen LogP contribution in [0.4, 0.5) is 0 Å². The zero-order valence-electron chi connectivity index (χ0n) is 14.8. The average Bonchev–Trinajstić information content (AvgIpc) is 2.62. The van der Waals surface area contributed by atoms with E-state index in [0.29, 0.717) is 0 Å². The number of nitrogens with zero attached hydrogens (tertiary/aromatic N) is 2. The highest BCUT2D eigenvalue weighted by Crippen LogP contribution is 2.35. The number of piperidine rings is 1. The molecule has 0 bridgehead atoms. The van der Waals surface area contributed by atoms with Crippen molar-refractivity contribution < 1.29 is 9.47 Å². The molecule has 1 aromatic carbocycles. The Morgan fingerprint density at radius 3 is 2.62 bits per heavy atom. The van der Waals surface area contributed by atoms with E-state index in [1.807, 2.05) is 6.07 Å². The zero-order chi connectivity index (χ0) is 17.0. The Morgan fingerprint density at radius 1 is 1.12 bits per heavy atom. The summed E-state index contributed by atoms with van der Waals surface area (Å²) >= 11 is 0. The van der Waals surface area contributed by atoms with Gasteiger partial charge in [0.2, 0.25) is 0 Å². The summed E-state index contributed by atoms with van der Waals surface area (Å²) in [5, 5.41) is 0. The van der Waals surface area contributed by atoms with Crippen LogP contribution >= 0.6 is 0 Å². The van der Waals surface area contributed by atoms with Crippen LogP contribution in [-0.4, -0.2) is 37.2 Å². The fourth-order valence-electron chi connectivity index (χ4n) is 3.73. The van der Waals surface area contributed by atoms with Crippen LogP contribution in [0.2, 0.25) is 0 Å². The van der Waals surface area contributed by atoms with Crippen LogP contribution in [0.5, 0.6) is 11.5 Å². The first kappa shape index (κ1) is 16.8. The number of rotatable bonds is 5. The van der Waals surface area contributed by atoms with Crippen molar-refractivity contribution in [3.8, 4) is 11.5 Å². The van der Waals surface area contributed by atoms with E-state index in [9.17, 15) is 0 Å². The molecule has 0 spiro atoms. The van der Waals surface area contributed by atoms with Gasteiger partial charge in [0.15, 0.2) is 11.5 Å². The lowest BCUT2D eigenvalue weighted by molar-refractivity contribution is 0.146. The van der Waals surface area contributed by atoms with Crippen LogP contribution in [0.3, 0.4) is 0 Å². The number of hydrogen-bond donors (Lipinski definition) is 0. The molecule has 0 saturated carbocycles. The first-order valence-electron chi connectivity index (χ1n) is 8.50. The molecule has 4 nitrogen and oxygen atoms in total. The van der Waals surface area contributed by atoms with Crippen molar-refractivity contribution in [2.45, 2.75) is 31.7 Å². The number of likely N-dealkylation sites (tertiary alicyclic amines) is 1. The van der Waals surface area contributed by atoms with Crippen molar-refractivity contribution in [3.05, 3.63) is 53.9 Å². The molecule has 2 aromatic rings. The predicted octanol–water partition coefficient (Wildman–Crippen LogP) is 3.65. The molecule has 128 valence electrons. The minimum absolute atomic E-state index is 0.186. The number of hydrogen-bond acceptors (Lipinski definition) is 4. The van der Waals surface area contributed by atoms with Crippen LogP contribution in [0.25, 0.3) is 0 Å². The monoisotopic (exact) mass is 326 g/mol. The van der Waals surface area contributed by atoms with E-state index in [1.165, 1.54) is 18.4 Å². The molecule has 4 heteroatoms. The SMILES string of the molecule is COc1ccnc(CN2CCC[C@@](C)(c3ccccc3)C2)c1OC. The summed E-state index contributed by atoms with van der Waals surface area (Å²) in [5.74, 6) is 1.48. The average molecular weight is 326 g/mol. The molecule has 1 fully saturated rings. The first-order valence-corrected chi connectivity index (χ1v) is 8.50. The van der Waals surface area contributed by atoms with Gasteiger partial charge in [-0.3, -0.25) is 9.88 Å². The van der Waals surface area contributed by atoms with Crippen molar-refractivity contribution in [2.24, 2.45) is 0 Å². The van der Waals surface area contributed by atoms with Crippen LogP contribution in [0.15, 0.2) is 42.6 Å². The summed E-state index contributed by atoms with van der Waals surface area (Å²) in [7, 11) is 3.34. The molecule has 3 rings (SSSR count). The third-order valence-corrected chi connectivity index (χ3v) is 4.99. The minimum atomic E-state index is 0.186. The molecule has 1 atom stereocenters. The van der Waals surface area contributed by atoms with Crippen molar-refractivity contribution in [2.75, 3.05) is 27.3 Å². The molecule has 0 unspecified atom stereocenters. The highest BCUT2D eigenvalue weighted by molar-refractivity contribution is 5.42. The summed E-state index contributed by atoms with van der Waals surface area (Å²) in [4.78, 5) is 7.00. The molecule has 1 aromatic heterocycles. The summed E-state index contributed by atoms with van der Waals surface area (Å²) in [6.45, 7) is 5.26. The van der Waals surface area contributed by atoms with Gasteiger partial charge in [-0.2, -0.15) is 0 Å². The van der Waals surface area contributed by atoms with E-state index in [2.05, 4.69) is 47.1 Å². The van der Waals surface area contributed by atoms with Gasteiger partial charge in [-0.25, -0.2) is 0 Å². The van der Waals surface area contributed by atoms with Crippen LogP contribution in [0.1, 0.15) is 31.0 Å². The maximum atomic E-state index is 5.53. The first-order chi connectivity index (χ1) is 11.7. The molecule has 0 radical (unpaired) electrons. The van der Waals surface area contributed by atoms with Crippen molar-refractivity contribution in [1.29, 1.82) is 0 Å². The summed E-state index contributed by atoms with van der Waals surface area (Å²) in [5.41, 5.74) is 2.54. The molecule has 0 aliphatic carbocycles. The zero-order valence-corrected chi connectivity index (χ0v) is 14.8. The summed E-state index contributed by atoms with van der Waals surface area (Å²) in [6, 6.07) is 12.7. The largest absolute Gasteiger partial charge is 0.493 e. The second-order valence-electron chi connectivity index (χ2n) is 6.73. The molecular weight excluding hydrogens is 300 g/mol. The fraction of sp³-hybridized carbons (Fsp3) is 0.450.